The number of alkyl halides is 1. The van der Waals surface area contributed by atoms with Crippen LogP contribution in [0.1, 0.15) is 51.9 Å². The SMILES string of the molecule is C=C(I)C[C@H](Cl)CC[C@@]12C[C@H]3OC4[C@@H](O[C@H]5CC[C@H](CC(C)=O)O[C@@H]5[C@@H]4O1)C3O2. The predicted octanol–water partition coefficient (Wildman–Crippen LogP) is 3.66. The van der Waals surface area contributed by atoms with Gasteiger partial charge in [0.15, 0.2) is 5.79 Å². The second-order valence-corrected chi connectivity index (χ2v) is 11.3. The molecule has 6 fully saturated rings. The third-order valence-electron chi connectivity index (χ3n) is 6.83. The molecule has 6 bridgehead atoms. The number of hydrogen-bond donors (Lipinski definition) is 0. The molecule has 10 atom stereocenters. The Hall–Kier alpha value is 0.230. The molecule has 6 aliphatic heterocycles. The lowest BCUT2D eigenvalue weighted by Crippen LogP contribution is -2.61. The number of halogens is 2. The topological polar surface area (TPSA) is 63.2 Å². The highest BCUT2D eigenvalue weighted by molar-refractivity contribution is 14.1. The number of ketones is 1. The minimum absolute atomic E-state index is 0.00325. The lowest BCUT2D eigenvalue weighted by Gasteiger charge is -2.47. The maximum atomic E-state index is 11.6. The van der Waals surface area contributed by atoms with Gasteiger partial charge in [0.05, 0.1) is 18.3 Å². The molecule has 6 aliphatic rings. The minimum atomic E-state index is -0.696. The van der Waals surface area contributed by atoms with Gasteiger partial charge in [-0.2, -0.15) is 0 Å². The highest BCUT2D eigenvalue weighted by Gasteiger charge is 2.68. The first kappa shape index (κ1) is 21.1. The molecule has 6 rings (SSSR count). The summed E-state index contributed by atoms with van der Waals surface area (Å²) in [4.78, 5) is 11.6. The summed E-state index contributed by atoms with van der Waals surface area (Å²) in [7, 11) is 0. The molecule has 6 heterocycles. The zero-order valence-corrected chi connectivity index (χ0v) is 19.5. The predicted molar refractivity (Wildman–Crippen MR) is 114 cm³/mol. The number of rotatable bonds is 7. The summed E-state index contributed by atoms with van der Waals surface area (Å²) in [6.07, 6.45) is 4.17. The van der Waals surface area contributed by atoms with Crippen molar-refractivity contribution in [2.75, 3.05) is 0 Å². The third kappa shape index (κ3) is 3.94. The van der Waals surface area contributed by atoms with Gasteiger partial charge in [0.2, 0.25) is 0 Å². The van der Waals surface area contributed by atoms with E-state index in [1.165, 1.54) is 0 Å². The number of fused-ring (bicyclic) bond motifs is 1. The molecule has 0 radical (unpaired) electrons. The zero-order valence-electron chi connectivity index (χ0n) is 16.6. The summed E-state index contributed by atoms with van der Waals surface area (Å²) in [6, 6.07) is 0. The molecule has 0 aliphatic carbocycles. The molecule has 6 saturated heterocycles. The number of hydrogen-bond acceptors (Lipinski definition) is 6. The summed E-state index contributed by atoms with van der Waals surface area (Å²) >= 11 is 8.74. The van der Waals surface area contributed by atoms with Gasteiger partial charge in [0, 0.05) is 24.6 Å². The van der Waals surface area contributed by atoms with Crippen LogP contribution in [0.2, 0.25) is 0 Å². The molecule has 0 N–H and O–H groups in total. The van der Waals surface area contributed by atoms with Crippen LogP contribution < -0.4 is 0 Å². The number of carbonyl (C=O) groups excluding carboxylic acids is 1. The first-order valence-corrected chi connectivity index (χ1v) is 12.1. The molecule has 29 heavy (non-hydrogen) atoms. The van der Waals surface area contributed by atoms with Crippen molar-refractivity contribution in [2.45, 2.75) is 112 Å². The Morgan fingerprint density at radius 1 is 1.10 bits per heavy atom. The Labute approximate surface area is 190 Å². The normalized spacial score (nSPS) is 48.2. The minimum Gasteiger partial charge on any atom is -0.369 e. The van der Waals surface area contributed by atoms with E-state index >= 15 is 0 Å². The molecule has 6 nitrogen and oxygen atoms in total. The van der Waals surface area contributed by atoms with Crippen molar-refractivity contribution in [1.82, 2.24) is 0 Å². The van der Waals surface area contributed by atoms with Gasteiger partial charge >= 0.3 is 0 Å². The lowest BCUT2D eigenvalue weighted by atomic mass is 9.87. The Morgan fingerprint density at radius 2 is 1.83 bits per heavy atom. The van der Waals surface area contributed by atoms with E-state index in [2.05, 4.69) is 29.2 Å². The maximum Gasteiger partial charge on any atom is 0.172 e. The molecule has 0 aromatic heterocycles. The standard InChI is InChI=1S/C21H28ClIO6/c1-10(23)7-12(22)5-6-21-9-15-17(28-21)18-19(27-15)20(29-21)16-14(26-18)4-3-13(25-16)8-11(2)24/h12-20H,1,3-9H2,2H3/t12-,13-,14+,15-,16+,17?,18+,19?,20+,21+/m1/s1. The van der Waals surface area contributed by atoms with Crippen molar-refractivity contribution >= 4 is 40.0 Å². The fourth-order valence-corrected chi connectivity index (χ4v) is 6.75. The van der Waals surface area contributed by atoms with Crippen molar-refractivity contribution in [3.8, 4) is 0 Å². The van der Waals surface area contributed by atoms with E-state index in [4.69, 9.17) is 35.3 Å². The van der Waals surface area contributed by atoms with Gasteiger partial charge in [0.1, 0.15) is 36.3 Å². The first-order valence-electron chi connectivity index (χ1n) is 10.6. The summed E-state index contributed by atoms with van der Waals surface area (Å²) in [5, 5.41) is 0.00782. The second kappa shape index (κ2) is 7.98. The molecule has 0 aromatic rings. The Kier molecular flexibility index (Phi) is 5.80. The summed E-state index contributed by atoms with van der Waals surface area (Å²) < 4.78 is 33.3. The summed E-state index contributed by atoms with van der Waals surface area (Å²) in [6.45, 7) is 5.56. The Bertz CT molecular complexity index is 690. The Morgan fingerprint density at radius 3 is 2.59 bits per heavy atom. The van der Waals surface area contributed by atoms with Crippen LogP contribution in [0.3, 0.4) is 0 Å². The molecule has 162 valence electrons. The van der Waals surface area contributed by atoms with Gasteiger partial charge in [-0.15, -0.1) is 11.6 Å². The van der Waals surface area contributed by atoms with Gasteiger partial charge in [0.25, 0.3) is 0 Å². The number of Topliss-reactive ketones (excluding diaryl/α,β-unsaturated/α-hetero) is 1. The van der Waals surface area contributed by atoms with Crippen molar-refractivity contribution in [2.24, 2.45) is 0 Å². The molecule has 0 saturated carbocycles. The number of allylic oxidation sites excluding steroid dienone is 1. The van der Waals surface area contributed by atoms with Gasteiger partial charge in [-0.05, 0) is 58.8 Å². The Balaban J connectivity index is 1.34. The molecule has 0 aromatic carbocycles. The average molecular weight is 539 g/mol. The monoisotopic (exact) mass is 538 g/mol. The van der Waals surface area contributed by atoms with E-state index in [0.29, 0.717) is 19.3 Å². The van der Waals surface area contributed by atoms with E-state index in [1.807, 2.05) is 0 Å². The molecule has 2 unspecified atom stereocenters. The molecular formula is C21H28ClIO6. The van der Waals surface area contributed by atoms with Gasteiger partial charge in [-0.25, -0.2) is 0 Å². The largest absolute Gasteiger partial charge is 0.369 e. The fourth-order valence-electron chi connectivity index (χ4n) is 5.67. The molecular weight excluding hydrogens is 511 g/mol. The van der Waals surface area contributed by atoms with Crippen molar-refractivity contribution in [3.63, 3.8) is 0 Å². The lowest BCUT2D eigenvalue weighted by molar-refractivity contribution is -0.292. The van der Waals surface area contributed by atoms with Gasteiger partial charge in [-0.3, -0.25) is 4.79 Å². The van der Waals surface area contributed by atoms with Crippen LogP contribution in [-0.2, 0) is 28.5 Å². The zero-order chi connectivity index (χ0) is 20.3. The van der Waals surface area contributed by atoms with Crippen molar-refractivity contribution in [3.05, 3.63) is 10.2 Å². The van der Waals surface area contributed by atoms with Crippen LogP contribution in [-0.4, -0.2) is 65.8 Å². The van der Waals surface area contributed by atoms with E-state index in [-0.39, 0.29) is 60.0 Å². The summed E-state index contributed by atoms with van der Waals surface area (Å²) in [5.41, 5.74) is 0. The van der Waals surface area contributed by atoms with Crippen LogP contribution in [0, 0.1) is 0 Å². The third-order valence-corrected chi connectivity index (χ3v) is 7.64. The van der Waals surface area contributed by atoms with E-state index < -0.39 is 5.79 Å². The van der Waals surface area contributed by atoms with Crippen LogP contribution in [0.4, 0.5) is 0 Å². The first-order chi connectivity index (χ1) is 13.8. The van der Waals surface area contributed by atoms with Crippen molar-refractivity contribution < 1.29 is 28.5 Å². The maximum absolute atomic E-state index is 11.6. The van der Waals surface area contributed by atoms with E-state index in [1.54, 1.807) is 6.92 Å². The quantitative estimate of drug-likeness (QED) is 0.364. The van der Waals surface area contributed by atoms with Gasteiger partial charge in [-0.1, -0.05) is 6.58 Å². The highest BCUT2D eigenvalue weighted by atomic mass is 127. The number of carbonyl (C=O) groups is 1. The van der Waals surface area contributed by atoms with Crippen LogP contribution in [0.5, 0.6) is 0 Å². The van der Waals surface area contributed by atoms with Crippen LogP contribution in [0.15, 0.2) is 10.2 Å². The van der Waals surface area contributed by atoms with Gasteiger partial charge < -0.3 is 23.7 Å². The summed E-state index contributed by atoms with van der Waals surface area (Å²) in [5.74, 6) is -0.549. The van der Waals surface area contributed by atoms with E-state index in [9.17, 15) is 4.79 Å². The van der Waals surface area contributed by atoms with Crippen molar-refractivity contribution in [1.29, 1.82) is 0 Å². The van der Waals surface area contributed by atoms with E-state index in [0.717, 1.165) is 29.3 Å². The second-order valence-electron chi connectivity index (χ2n) is 9.12. The van der Waals surface area contributed by atoms with Crippen LogP contribution in [0.25, 0.3) is 0 Å². The fraction of sp³-hybridized carbons (Fsp3) is 0.857. The molecule has 8 heteroatoms. The highest BCUT2D eigenvalue weighted by Crippen LogP contribution is 2.54. The average Bonchev–Trinajstić information content (AvgIpc) is 3.04. The molecule has 0 spiro atoms. The molecule has 0 amide bonds. The number of ether oxygens (including phenoxy) is 5. The van der Waals surface area contributed by atoms with Crippen LogP contribution >= 0.6 is 34.2 Å². The smallest absolute Gasteiger partial charge is 0.172 e.